The highest BCUT2D eigenvalue weighted by Gasteiger charge is 2.55. The number of halogens is 1. The summed E-state index contributed by atoms with van der Waals surface area (Å²) in [4.78, 5) is 0. The van der Waals surface area contributed by atoms with Crippen LogP contribution in [-0.2, 0) is 10.2 Å². The van der Waals surface area contributed by atoms with Crippen molar-refractivity contribution in [2.45, 2.75) is 51.0 Å². The largest absolute Gasteiger partial charge is 0.381 e. The molecule has 1 spiro atoms. The number of ether oxygens (including phenoxy) is 1. The van der Waals surface area contributed by atoms with Crippen molar-refractivity contribution >= 4 is 15.9 Å². The molecule has 21 heavy (non-hydrogen) atoms. The summed E-state index contributed by atoms with van der Waals surface area (Å²) in [7, 11) is 0. The molecule has 3 heteroatoms. The third-order valence-electron chi connectivity index (χ3n) is 5.27. The van der Waals surface area contributed by atoms with Gasteiger partial charge >= 0.3 is 0 Å². The van der Waals surface area contributed by atoms with Gasteiger partial charge in [0.25, 0.3) is 0 Å². The van der Waals surface area contributed by atoms with Crippen molar-refractivity contribution in [3.63, 3.8) is 0 Å². The summed E-state index contributed by atoms with van der Waals surface area (Å²) in [5.41, 5.74) is 2.31. The minimum Gasteiger partial charge on any atom is -0.381 e. The Bertz CT molecular complexity index is 486. The molecule has 1 aromatic rings. The summed E-state index contributed by atoms with van der Waals surface area (Å²) in [5, 5.41) is 3.68. The molecule has 2 nitrogen and oxygen atoms in total. The zero-order valence-corrected chi connectivity index (χ0v) is 14.7. The molecule has 0 bridgehead atoms. The van der Waals surface area contributed by atoms with E-state index in [0.29, 0.717) is 16.9 Å². The molecule has 1 aliphatic carbocycles. The molecule has 1 N–H and O–H groups in total. The molecule has 2 aliphatic rings. The molecular formula is C18H26BrNO. The Morgan fingerprint density at radius 3 is 2.48 bits per heavy atom. The van der Waals surface area contributed by atoms with Crippen LogP contribution in [0.5, 0.6) is 0 Å². The number of nitrogens with one attached hydrogen (secondary N) is 1. The Morgan fingerprint density at radius 2 is 1.86 bits per heavy atom. The summed E-state index contributed by atoms with van der Waals surface area (Å²) < 4.78 is 6.83. The second-order valence-corrected chi connectivity index (χ2v) is 8.12. The van der Waals surface area contributed by atoms with Crippen LogP contribution in [0.2, 0.25) is 0 Å². The van der Waals surface area contributed by atoms with Gasteiger partial charge in [-0.25, -0.2) is 0 Å². The van der Waals surface area contributed by atoms with Crippen LogP contribution in [-0.4, -0.2) is 25.8 Å². The fourth-order valence-corrected chi connectivity index (χ4v) is 4.95. The third kappa shape index (κ3) is 3.06. The van der Waals surface area contributed by atoms with E-state index in [0.717, 1.165) is 19.8 Å². The zero-order chi connectivity index (χ0) is 14.9. The van der Waals surface area contributed by atoms with Gasteiger partial charge in [-0.1, -0.05) is 48.0 Å². The Morgan fingerprint density at radius 1 is 1.19 bits per heavy atom. The lowest BCUT2D eigenvalue weighted by atomic mass is 9.48. The first kappa shape index (κ1) is 15.5. The summed E-state index contributed by atoms with van der Waals surface area (Å²) in [5.74, 6) is 0. The van der Waals surface area contributed by atoms with Crippen molar-refractivity contribution in [2.75, 3.05) is 19.8 Å². The van der Waals surface area contributed by atoms with Crippen molar-refractivity contribution in [1.29, 1.82) is 0 Å². The van der Waals surface area contributed by atoms with Crippen LogP contribution >= 0.6 is 15.9 Å². The topological polar surface area (TPSA) is 21.3 Å². The van der Waals surface area contributed by atoms with Gasteiger partial charge in [-0.15, -0.1) is 0 Å². The second kappa shape index (κ2) is 6.02. The van der Waals surface area contributed by atoms with E-state index in [1.54, 1.807) is 0 Å². The molecule has 0 aromatic heterocycles. The Hall–Kier alpha value is -0.380. The van der Waals surface area contributed by atoms with Gasteiger partial charge in [0.15, 0.2) is 0 Å². The maximum atomic E-state index is 5.57. The average molecular weight is 352 g/mol. The first-order valence-corrected chi connectivity index (χ1v) is 8.91. The first-order chi connectivity index (χ1) is 10.1. The molecule has 0 radical (unpaired) electrons. The lowest BCUT2D eigenvalue weighted by molar-refractivity contribution is -0.0743. The van der Waals surface area contributed by atoms with E-state index in [1.807, 2.05) is 0 Å². The number of hydrogen-bond donors (Lipinski definition) is 1. The summed E-state index contributed by atoms with van der Waals surface area (Å²) in [6.45, 7) is 7.44. The van der Waals surface area contributed by atoms with Crippen molar-refractivity contribution in [3.8, 4) is 0 Å². The van der Waals surface area contributed by atoms with Crippen molar-refractivity contribution in [1.82, 2.24) is 5.32 Å². The van der Waals surface area contributed by atoms with Gasteiger partial charge in [-0.05, 0) is 42.7 Å². The fourth-order valence-electron chi connectivity index (χ4n) is 4.24. The van der Waals surface area contributed by atoms with E-state index in [4.69, 9.17) is 4.74 Å². The quantitative estimate of drug-likeness (QED) is 0.874. The molecule has 2 fully saturated rings. The predicted octanol–water partition coefficient (Wildman–Crippen LogP) is 4.28. The smallest absolute Gasteiger partial charge is 0.0471 e. The van der Waals surface area contributed by atoms with E-state index in [-0.39, 0.29) is 0 Å². The van der Waals surface area contributed by atoms with E-state index in [9.17, 15) is 0 Å². The molecular weight excluding hydrogens is 326 g/mol. The molecule has 0 unspecified atom stereocenters. The van der Waals surface area contributed by atoms with Crippen molar-refractivity contribution in [3.05, 3.63) is 34.3 Å². The van der Waals surface area contributed by atoms with Gasteiger partial charge in [0.1, 0.15) is 0 Å². The maximum absolute atomic E-state index is 5.57. The lowest BCUT2D eigenvalue weighted by Gasteiger charge is -2.59. The highest BCUT2D eigenvalue weighted by Crippen LogP contribution is 2.60. The van der Waals surface area contributed by atoms with Crippen LogP contribution in [0.1, 0.15) is 45.1 Å². The molecule has 0 atom stereocenters. The monoisotopic (exact) mass is 351 g/mol. The molecule has 1 saturated heterocycles. The van der Waals surface area contributed by atoms with Gasteiger partial charge in [0.05, 0.1) is 0 Å². The molecule has 116 valence electrons. The van der Waals surface area contributed by atoms with Gasteiger partial charge in [-0.3, -0.25) is 0 Å². The van der Waals surface area contributed by atoms with Crippen LogP contribution in [0.4, 0.5) is 0 Å². The Kier molecular flexibility index (Phi) is 4.45. The van der Waals surface area contributed by atoms with Crippen LogP contribution in [0, 0.1) is 5.41 Å². The van der Waals surface area contributed by atoms with Crippen molar-refractivity contribution in [2.24, 2.45) is 5.41 Å². The van der Waals surface area contributed by atoms with Crippen LogP contribution in [0.25, 0.3) is 0 Å². The molecule has 1 saturated carbocycles. The number of hydrogen-bond acceptors (Lipinski definition) is 2. The van der Waals surface area contributed by atoms with Crippen LogP contribution in [0.3, 0.4) is 0 Å². The van der Waals surface area contributed by atoms with E-state index in [2.05, 4.69) is 59.4 Å². The zero-order valence-electron chi connectivity index (χ0n) is 13.1. The first-order valence-electron chi connectivity index (χ1n) is 8.12. The molecule has 0 amide bonds. The molecule has 1 heterocycles. The Labute approximate surface area is 136 Å². The lowest BCUT2D eigenvalue weighted by Crippen LogP contribution is -2.57. The van der Waals surface area contributed by atoms with Crippen molar-refractivity contribution < 1.29 is 4.74 Å². The molecule has 1 aliphatic heterocycles. The predicted molar refractivity (Wildman–Crippen MR) is 90.7 cm³/mol. The maximum Gasteiger partial charge on any atom is 0.0471 e. The summed E-state index contributed by atoms with van der Waals surface area (Å²) in [6, 6.07) is 9.31. The minimum absolute atomic E-state index is 0.293. The van der Waals surface area contributed by atoms with E-state index >= 15 is 0 Å². The van der Waals surface area contributed by atoms with E-state index in [1.165, 1.54) is 35.7 Å². The normalized spacial score (nSPS) is 23.2. The minimum atomic E-state index is 0.293. The van der Waals surface area contributed by atoms with Gasteiger partial charge in [0, 0.05) is 35.7 Å². The standard InChI is InChI=1S/C18H26BrNO/c1-14(2)20-13-18(15-5-3-4-6-16(15)19)11-17(12-18)7-9-21-10-8-17/h3-6,14,20H,7-13H2,1-2H3. The van der Waals surface area contributed by atoms with Gasteiger partial charge in [-0.2, -0.15) is 0 Å². The highest BCUT2D eigenvalue weighted by atomic mass is 79.9. The third-order valence-corrected chi connectivity index (χ3v) is 5.97. The van der Waals surface area contributed by atoms with Gasteiger partial charge < -0.3 is 10.1 Å². The Balaban J connectivity index is 1.82. The number of rotatable bonds is 4. The van der Waals surface area contributed by atoms with Crippen LogP contribution in [0.15, 0.2) is 28.7 Å². The number of benzene rings is 1. The SMILES string of the molecule is CC(C)NCC1(c2ccccc2Br)CC2(CCOCC2)C1. The summed E-state index contributed by atoms with van der Waals surface area (Å²) in [6.07, 6.45) is 5.07. The highest BCUT2D eigenvalue weighted by molar-refractivity contribution is 9.10. The fraction of sp³-hybridized carbons (Fsp3) is 0.667. The average Bonchev–Trinajstić information content (AvgIpc) is 2.44. The second-order valence-electron chi connectivity index (χ2n) is 7.26. The molecule has 1 aromatic carbocycles. The van der Waals surface area contributed by atoms with Crippen LogP contribution < -0.4 is 5.32 Å². The summed E-state index contributed by atoms with van der Waals surface area (Å²) >= 11 is 3.77. The van der Waals surface area contributed by atoms with Gasteiger partial charge in [0.2, 0.25) is 0 Å². The molecule has 3 rings (SSSR count). The van der Waals surface area contributed by atoms with E-state index < -0.39 is 0 Å².